The molecule has 2 rings (SSSR count). The normalized spacial score (nSPS) is 10.1. The Morgan fingerprint density at radius 3 is 2.84 bits per heavy atom. The quantitative estimate of drug-likeness (QED) is 0.627. The third-order valence-electron chi connectivity index (χ3n) is 2.37. The van der Waals surface area contributed by atoms with Crippen LogP contribution in [0.5, 0.6) is 0 Å². The summed E-state index contributed by atoms with van der Waals surface area (Å²) in [6.45, 7) is 0. The zero-order chi connectivity index (χ0) is 13.8. The summed E-state index contributed by atoms with van der Waals surface area (Å²) in [5.41, 5.74) is 1.20. The van der Waals surface area contributed by atoms with Crippen LogP contribution in [0, 0.1) is 3.57 Å². The molecule has 0 atom stereocenters. The van der Waals surface area contributed by atoms with E-state index in [1.165, 1.54) is 0 Å². The van der Waals surface area contributed by atoms with Gasteiger partial charge in [0.1, 0.15) is 5.82 Å². The number of aromatic nitrogens is 2. The number of amides is 1. The molecule has 98 valence electrons. The van der Waals surface area contributed by atoms with E-state index in [0.717, 1.165) is 3.57 Å². The van der Waals surface area contributed by atoms with Gasteiger partial charge in [-0.3, -0.25) is 4.79 Å². The van der Waals surface area contributed by atoms with Crippen molar-refractivity contribution in [1.29, 1.82) is 0 Å². The van der Waals surface area contributed by atoms with Crippen LogP contribution in [0.3, 0.4) is 0 Å². The largest absolute Gasteiger partial charge is 0.355 e. The molecule has 0 aliphatic heterocycles. The highest BCUT2D eigenvalue weighted by atomic mass is 127. The van der Waals surface area contributed by atoms with Crippen molar-refractivity contribution in [2.45, 2.75) is 0 Å². The van der Waals surface area contributed by atoms with Crippen LogP contribution in [0.15, 0.2) is 30.5 Å². The first-order valence-corrected chi connectivity index (χ1v) is 6.83. The van der Waals surface area contributed by atoms with Gasteiger partial charge in [-0.1, -0.05) is 12.1 Å². The molecule has 5 nitrogen and oxygen atoms in total. The van der Waals surface area contributed by atoms with Gasteiger partial charge in [-0.05, 0) is 46.3 Å². The maximum atomic E-state index is 11.8. The SMILES string of the molecule is CNC(=O)c1ccccc1Nc1nc(Cl)ncc1I. The minimum Gasteiger partial charge on any atom is -0.355 e. The number of rotatable bonds is 3. The minimum absolute atomic E-state index is 0.153. The summed E-state index contributed by atoms with van der Waals surface area (Å²) in [6.07, 6.45) is 1.61. The lowest BCUT2D eigenvalue weighted by Crippen LogP contribution is -2.19. The van der Waals surface area contributed by atoms with Crippen molar-refractivity contribution in [3.8, 4) is 0 Å². The van der Waals surface area contributed by atoms with Crippen LogP contribution in [-0.4, -0.2) is 22.9 Å². The first kappa shape index (κ1) is 14.0. The number of para-hydroxylation sites is 1. The summed E-state index contributed by atoms with van der Waals surface area (Å²) < 4.78 is 0.814. The molecule has 0 spiro atoms. The van der Waals surface area contributed by atoms with Gasteiger partial charge in [0.15, 0.2) is 0 Å². The Bertz CT molecular complexity index is 620. The van der Waals surface area contributed by atoms with Crippen molar-refractivity contribution in [3.63, 3.8) is 0 Å². The van der Waals surface area contributed by atoms with Crippen LogP contribution < -0.4 is 10.6 Å². The van der Waals surface area contributed by atoms with E-state index in [4.69, 9.17) is 11.6 Å². The fourth-order valence-electron chi connectivity index (χ4n) is 1.49. The minimum atomic E-state index is -0.168. The van der Waals surface area contributed by atoms with E-state index >= 15 is 0 Å². The monoisotopic (exact) mass is 388 g/mol. The number of benzene rings is 1. The topological polar surface area (TPSA) is 66.9 Å². The molecule has 2 N–H and O–H groups in total. The third-order valence-corrected chi connectivity index (χ3v) is 3.34. The molecule has 7 heteroatoms. The summed E-state index contributed by atoms with van der Waals surface area (Å²) in [4.78, 5) is 19.7. The molecule has 2 aromatic rings. The molecule has 0 aliphatic carbocycles. The first-order valence-electron chi connectivity index (χ1n) is 5.38. The molecule has 0 radical (unpaired) electrons. The number of carbonyl (C=O) groups is 1. The molecule has 0 saturated heterocycles. The van der Waals surface area contributed by atoms with Gasteiger partial charge in [0.2, 0.25) is 5.28 Å². The fraction of sp³-hybridized carbons (Fsp3) is 0.0833. The Morgan fingerprint density at radius 1 is 1.37 bits per heavy atom. The molecule has 0 aliphatic rings. The van der Waals surface area contributed by atoms with Crippen LogP contribution >= 0.6 is 34.2 Å². The second-order valence-electron chi connectivity index (χ2n) is 3.59. The summed E-state index contributed by atoms with van der Waals surface area (Å²) in [5, 5.41) is 5.84. The number of carbonyl (C=O) groups excluding carboxylic acids is 1. The van der Waals surface area contributed by atoms with E-state index in [-0.39, 0.29) is 11.2 Å². The van der Waals surface area contributed by atoms with Crippen LogP contribution in [0.2, 0.25) is 5.28 Å². The van der Waals surface area contributed by atoms with Crippen LogP contribution in [0.25, 0.3) is 0 Å². The zero-order valence-electron chi connectivity index (χ0n) is 9.95. The summed E-state index contributed by atoms with van der Waals surface area (Å²) >= 11 is 7.86. The van der Waals surface area contributed by atoms with E-state index in [0.29, 0.717) is 17.1 Å². The van der Waals surface area contributed by atoms with Crippen LogP contribution in [0.4, 0.5) is 11.5 Å². The second kappa shape index (κ2) is 6.16. The third kappa shape index (κ3) is 3.32. The molecule has 0 unspecified atom stereocenters. The lowest BCUT2D eigenvalue weighted by Gasteiger charge is -2.11. The predicted octanol–water partition coefficient (Wildman–Crippen LogP) is 2.84. The predicted molar refractivity (Wildman–Crippen MR) is 82.9 cm³/mol. The summed E-state index contributed by atoms with van der Waals surface area (Å²) in [6, 6.07) is 7.17. The highest BCUT2D eigenvalue weighted by Gasteiger charge is 2.11. The molecule has 1 aromatic carbocycles. The molecule has 0 bridgehead atoms. The Morgan fingerprint density at radius 2 is 2.11 bits per heavy atom. The molecule has 19 heavy (non-hydrogen) atoms. The average molecular weight is 389 g/mol. The fourth-order valence-corrected chi connectivity index (χ4v) is 2.01. The van der Waals surface area contributed by atoms with E-state index in [1.807, 2.05) is 6.07 Å². The first-order chi connectivity index (χ1) is 9.11. The number of halogens is 2. The molecular formula is C12H10ClIN4O. The molecular weight excluding hydrogens is 379 g/mol. The van der Waals surface area contributed by atoms with Crippen molar-refractivity contribution < 1.29 is 4.79 Å². The number of nitrogens with one attached hydrogen (secondary N) is 2. The Hall–Kier alpha value is -1.41. The van der Waals surface area contributed by atoms with E-state index in [2.05, 4.69) is 43.2 Å². The van der Waals surface area contributed by atoms with E-state index in [9.17, 15) is 4.79 Å². The summed E-state index contributed by atoms with van der Waals surface area (Å²) in [5.74, 6) is 0.398. The van der Waals surface area contributed by atoms with Crippen molar-refractivity contribution in [1.82, 2.24) is 15.3 Å². The molecule has 1 amide bonds. The van der Waals surface area contributed by atoms with Gasteiger partial charge in [0.25, 0.3) is 5.91 Å². The molecule has 0 fully saturated rings. The van der Waals surface area contributed by atoms with Crippen molar-refractivity contribution in [2.75, 3.05) is 12.4 Å². The van der Waals surface area contributed by atoms with Gasteiger partial charge in [-0.15, -0.1) is 0 Å². The van der Waals surface area contributed by atoms with Crippen molar-refractivity contribution >= 4 is 51.6 Å². The summed E-state index contributed by atoms with van der Waals surface area (Å²) in [7, 11) is 1.59. The van der Waals surface area contributed by atoms with E-state index < -0.39 is 0 Å². The van der Waals surface area contributed by atoms with Crippen molar-refractivity contribution in [3.05, 3.63) is 44.9 Å². The molecule has 1 aromatic heterocycles. The standard InChI is InChI=1S/C12H10ClIN4O/c1-15-11(19)7-4-2-3-5-9(7)17-10-8(14)6-16-12(13)18-10/h2-6H,1H3,(H,15,19)(H,16,17,18). The van der Waals surface area contributed by atoms with Crippen LogP contribution in [-0.2, 0) is 0 Å². The van der Waals surface area contributed by atoms with Gasteiger partial charge in [0, 0.05) is 13.2 Å². The molecule has 0 saturated carbocycles. The second-order valence-corrected chi connectivity index (χ2v) is 5.09. The number of hydrogen-bond acceptors (Lipinski definition) is 4. The van der Waals surface area contributed by atoms with Gasteiger partial charge < -0.3 is 10.6 Å². The lowest BCUT2D eigenvalue weighted by atomic mass is 10.1. The van der Waals surface area contributed by atoms with Crippen LogP contribution in [0.1, 0.15) is 10.4 Å². The Balaban J connectivity index is 2.38. The highest BCUT2D eigenvalue weighted by molar-refractivity contribution is 14.1. The van der Waals surface area contributed by atoms with Gasteiger partial charge in [0.05, 0.1) is 14.8 Å². The lowest BCUT2D eigenvalue weighted by molar-refractivity contribution is 0.0964. The smallest absolute Gasteiger partial charge is 0.253 e. The number of nitrogens with zero attached hydrogens (tertiary/aromatic N) is 2. The van der Waals surface area contributed by atoms with Gasteiger partial charge in [-0.25, -0.2) is 4.98 Å². The van der Waals surface area contributed by atoms with Gasteiger partial charge in [-0.2, -0.15) is 4.98 Å². The Kier molecular flexibility index (Phi) is 4.54. The zero-order valence-corrected chi connectivity index (χ0v) is 12.9. The number of anilines is 2. The van der Waals surface area contributed by atoms with Crippen molar-refractivity contribution in [2.24, 2.45) is 0 Å². The molecule has 1 heterocycles. The van der Waals surface area contributed by atoms with E-state index in [1.54, 1.807) is 31.4 Å². The number of hydrogen-bond donors (Lipinski definition) is 2. The Labute approximate surface area is 128 Å². The maximum Gasteiger partial charge on any atom is 0.253 e. The average Bonchev–Trinajstić information content (AvgIpc) is 2.42. The maximum absolute atomic E-state index is 11.8. The highest BCUT2D eigenvalue weighted by Crippen LogP contribution is 2.23. The van der Waals surface area contributed by atoms with Gasteiger partial charge >= 0.3 is 0 Å².